The summed E-state index contributed by atoms with van der Waals surface area (Å²) in [5, 5.41) is 9.64. The highest BCUT2D eigenvalue weighted by Crippen LogP contribution is 2.46. The van der Waals surface area contributed by atoms with E-state index >= 15 is 0 Å². The number of aliphatic hydroxyl groups is 1. The molecule has 1 N–H and O–H groups in total. The van der Waals surface area contributed by atoms with Gasteiger partial charge >= 0.3 is 6.18 Å². The fraction of sp³-hybridized carbons (Fsp3) is 0.588. The fourth-order valence-electron chi connectivity index (χ4n) is 3.57. The molecule has 1 aromatic carbocycles. The lowest BCUT2D eigenvalue weighted by molar-refractivity contribution is -0.153. The summed E-state index contributed by atoms with van der Waals surface area (Å²) in [4.78, 5) is 14.5. The van der Waals surface area contributed by atoms with Crippen molar-refractivity contribution in [1.29, 1.82) is 0 Å². The minimum atomic E-state index is -4.37. The first-order valence-corrected chi connectivity index (χ1v) is 8.09. The fourth-order valence-corrected chi connectivity index (χ4v) is 3.57. The summed E-state index contributed by atoms with van der Waals surface area (Å²) in [6.07, 6.45) is -1.27. The van der Waals surface area contributed by atoms with E-state index in [2.05, 4.69) is 4.74 Å². The van der Waals surface area contributed by atoms with Gasteiger partial charge in [-0.2, -0.15) is 13.2 Å². The summed E-state index contributed by atoms with van der Waals surface area (Å²) in [6.45, 7) is -0.738. The monoisotopic (exact) mass is 343 g/mol. The standard InChI is InChI=1S/C17H20F3NO3/c18-17(19,20)11-24-14-3-1-12(2-4-14)21-10-9-16(15(21)23)7-5-13(22)6-8-16/h1-4,13,22H,5-11H2. The molecule has 1 heterocycles. The minimum absolute atomic E-state index is 0.0540. The highest BCUT2D eigenvalue weighted by molar-refractivity contribution is 6.00. The van der Waals surface area contributed by atoms with Crippen LogP contribution in [-0.4, -0.2) is 36.4 Å². The van der Waals surface area contributed by atoms with Gasteiger partial charge < -0.3 is 14.7 Å². The van der Waals surface area contributed by atoms with Gasteiger partial charge in [0.15, 0.2) is 6.61 Å². The number of rotatable bonds is 3. The molecule has 0 aromatic heterocycles. The molecular weight excluding hydrogens is 323 g/mol. The quantitative estimate of drug-likeness (QED) is 0.916. The zero-order chi connectivity index (χ0) is 17.4. The molecule has 1 aromatic rings. The average molecular weight is 343 g/mol. The average Bonchev–Trinajstić information content (AvgIpc) is 2.85. The van der Waals surface area contributed by atoms with Gasteiger partial charge in [0, 0.05) is 12.2 Å². The molecule has 3 rings (SSSR count). The molecule has 1 spiro atoms. The molecule has 0 atom stereocenters. The summed E-state index contributed by atoms with van der Waals surface area (Å²) < 4.78 is 41.1. The molecule has 24 heavy (non-hydrogen) atoms. The Morgan fingerprint density at radius 3 is 2.38 bits per heavy atom. The van der Waals surface area contributed by atoms with Crippen molar-refractivity contribution in [3.05, 3.63) is 24.3 Å². The molecule has 4 nitrogen and oxygen atoms in total. The SMILES string of the molecule is O=C1N(c2ccc(OCC(F)(F)F)cc2)CCC12CCC(O)CC2. The van der Waals surface area contributed by atoms with Crippen LogP contribution < -0.4 is 9.64 Å². The summed E-state index contributed by atoms with van der Waals surface area (Å²) in [7, 11) is 0. The van der Waals surface area contributed by atoms with Gasteiger partial charge in [-0.1, -0.05) is 0 Å². The zero-order valence-electron chi connectivity index (χ0n) is 13.2. The summed E-state index contributed by atoms with van der Waals surface area (Å²) in [5.41, 5.74) is 0.285. The zero-order valence-corrected chi connectivity index (χ0v) is 13.2. The van der Waals surface area contributed by atoms with E-state index in [1.807, 2.05) is 0 Å². The molecule has 0 bridgehead atoms. The van der Waals surface area contributed by atoms with Crippen LogP contribution in [-0.2, 0) is 4.79 Å². The predicted octanol–water partition coefficient (Wildman–Crippen LogP) is 3.29. The Morgan fingerprint density at radius 2 is 1.79 bits per heavy atom. The van der Waals surface area contributed by atoms with E-state index in [0.717, 1.165) is 6.42 Å². The van der Waals surface area contributed by atoms with Crippen molar-refractivity contribution in [3.63, 3.8) is 0 Å². The topological polar surface area (TPSA) is 49.8 Å². The highest BCUT2D eigenvalue weighted by atomic mass is 19.4. The molecule has 2 aliphatic rings. The number of hydrogen-bond donors (Lipinski definition) is 1. The Morgan fingerprint density at radius 1 is 1.17 bits per heavy atom. The maximum absolute atomic E-state index is 12.8. The Labute approximate surface area is 138 Å². The van der Waals surface area contributed by atoms with Crippen LogP contribution in [0.4, 0.5) is 18.9 Å². The van der Waals surface area contributed by atoms with E-state index in [4.69, 9.17) is 0 Å². The van der Waals surface area contributed by atoms with E-state index in [1.165, 1.54) is 12.1 Å². The molecule has 1 aliphatic carbocycles. The Bertz CT molecular complexity index is 592. The molecule has 0 radical (unpaired) electrons. The van der Waals surface area contributed by atoms with Crippen molar-refractivity contribution in [2.75, 3.05) is 18.1 Å². The van der Waals surface area contributed by atoms with Crippen LogP contribution in [0.1, 0.15) is 32.1 Å². The minimum Gasteiger partial charge on any atom is -0.484 e. The third-order valence-electron chi connectivity index (χ3n) is 4.98. The molecule has 132 valence electrons. The van der Waals surface area contributed by atoms with E-state index < -0.39 is 12.8 Å². The maximum atomic E-state index is 12.8. The number of aliphatic hydroxyl groups excluding tert-OH is 1. The van der Waals surface area contributed by atoms with Gasteiger partial charge in [0.2, 0.25) is 5.91 Å². The number of amides is 1. The van der Waals surface area contributed by atoms with Gasteiger partial charge in [0.1, 0.15) is 5.75 Å². The molecule has 1 amide bonds. The molecule has 7 heteroatoms. The van der Waals surface area contributed by atoms with Crippen LogP contribution in [0.2, 0.25) is 0 Å². The van der Waals surface area contributed by atoms with Crippen LogP contribution in [0.15, 0.2) is 24.3 Å². The van der Waals surface area contributed by atoms with Crippen LogP contribution in [0, 0.1) is 5.41 Å². The van der Waals surface area contributed by atoms with E-state index in [0.29, 0.717) is 37.9 Å². The molecule has 0 unspecified atom stereocenters. The largest absolute Gasteiger partial charge is 0.484 e. The Kier molecular flexibility index (Phi) is 4.46. The van der Waals surface area contributed by atoms with Crippen molar-refractivity contribution in [2.24, 2.45) is 5.41 Å². The molecular formula is C17H20F3NO3. The normalized spacial score (nSPS) is 27.8. The van der Waals surface area contributed by atoms with E-state index in [1.54, 1.807) is 17.0 Å². The molecule has 1 saturated heterocycles. The van der Waals surface area contributed by atoms with Gasteiger partial charge in [-0.25, -0.2) is 0 Å². The van der Waals surface area contributed by atoms with Crippen molar-refractivity contribution in [1.82, 2.24) is 0 Å². The number of hydrogen-bond acceptors (Lipinski definition) is 3. The maximum Gasteiger partial charge on any atom is 0.422 e. The van der Waals surface area contributed by atoms with Gasteiger partial charge in [-0.15, -0.1) is 0 Å². The number of ether oxygens (including phenoxy) is 1. The molecule has 2 fully saturated rings. The Balaban J connectivity index is 1.66. The second-order valence-corrected chi connectivity index (χ2v) is 6.62. The lowest BCUT2D eigenvalue weighted by Gasteiger charge is -2.33. The highest BCUT2D eigenvalue weighted by Gasteiger charge is 2.48. The summed E-state index contributed by atoms with van der Waals surface area (Å²) in [5.74, 6) is 0.177. The number of carbonyl (C=O) groups excluding carboxylic acids is 1. The number of alkyl halides is 3. The molecule has 1 aliphatic heterocycles. The third kappa shape index (κ3) is 3.50. The number of benzene rings is 1. The van der Waals surface area contributed by atoms with E-state index in [-0.39, 0.29) is 23.2 Å². The number of halogens is 3. The van der Waals surface area contributed by atoms with Gasteiger partial charge in [-0.3, -0.25) is 4.79 Å². The number of anilines is 1. The van der Waals surface area contributed by atoms with Gasteiger partial charge in [0.05, 0.1) is 11.5 Å². The lowest BCUT2D eigenvalue weighted by Crippen LogP contribution is -2.38. The van der Waals surface area contributed by atoms with Crippen molar-refractivity contribution < 1.29 is 27.8 Å². The molecule has 1 saturated carbocycles. The van der Waals surface area contributed by atoms with Crippen LogP contribution in [0.5, 0.6) is 5.75 Å². The Hall–Kier alpha value is -1.76. The van der Waals surface area contributed by atoms with E-state index in [9.17, 15) is 23.1 Å². The van der Waals surface area contributed by atoms with Crippen LogP contribution in [0.3, 0.4) is 0 Å². The summed E-state index contributed by atoms with van der Waals surface area (Å²) >= 11 is 0. The smallest absolute Gasteiger partial charge is 0.422 e. The van der Waals surface area contributed by atoms with Crippen LogP contribution >= 0.6 is 0 Å². The predicted molar refractivity (Wildman–Crippen MR) is 81.9 cm³/mol. The van der Waals surface area contributed by atoms with Crippen molar-refractivity contribution in [2.45, 2.75) is 44.4 Å². The second kappa shape index (κ2) is 6.27. The van der Waals surface area contributed by atoms with Gasteiger partial charge in [0.25, 0.3) is 0 Å². The van der Waals surface area contributed by atoms with Crippen molar-refractivity contribution in [3.8, 4) is 5.75 Å². The van der Waals surface area contributed by atoms with Crippen molar-refractivity contribution >= 4 is 11.6 Å². The third-order valence-corrected chi connectivity index (χ3v) is 4.98. The van der Waals surface area contributed by atoms with Crippen LogP contribution in [0.25, 0.3) is 0 Å². The van der Waals surface area contributed by atoms with Gasteiger partial charge in [-0.05, 0) is 56.4 Å². The summed E-state index contributed by atoms with van der Waals surface area (Å²) in [6, 6.07) is 6.12. The first kappa shape index (κ1) is 17.1. The number of nitrogens with zero attached hydrogens (tertiary/aromatic N) is 1. The first-order valence-electron chi connectivity index (χ1n) is 8.09. The second-order valence-electron chi connectivity index (χ2n) is 6.62. The number of carbonyl (C=O) groups is 1. The first-order chi connectivity index (χ1) is 11.3. The lowest BCUT2D eigenvalue weighted by atomic mass is 9.72.